The first-order valence-electron chi connectivity index (χ1n) is 6.92. The lowest BCUT2D eigenvalue weighted by molar-refractivity contribution is 0.0703. The molecule has 0 atom stereocenters. The van der Waals surface area contributed by atoms with Gasteiger partial charge < -0.3 is 9.64 Å². The summed E-state index contributed by atoms with van der Waals surface area (Å²) in [6.45, 7) is 4.36. The minimum Gasteiger partial charge on any atom is -0.496 e. The molecule has 0 saturated heterocycles. The van der Waals surface area contributed by atoms with Crippen LogP contribution in [0.3, 0.4) is 0 Å². The largest absolute Gasteiger partial charge is 0.496 e. The molecule has 1 fully saturated rings. The topological polar surface area (TPSA) is 29.5 Å². The monoisotopic (exact) mass is 337 g/mol. The highest BCUT2D eigenvalue weighted by molar-refractivity contribution is 9.10. The highest BCUT2D eigenvalue weighted by Crippen LogP contribution is 2.29. The van der Waals surface area contributed by atoms with Crippen molar-refractivity contribution in [2.24, 2.45) is 0 Å². The minimum atomic E-state index is 0.0288. The van der Waals surface area contributed by atoms with E-state index in [2.05, 4.69) is 22.5 Å². The summed E-state index contributed by atoms with van der Waals surface area (Å²) in [5, 5.41) is 0. The van der Waals surface area contributed by atoms with Crippen molar-refractivity contribution in [3.63, 3.8) is 0 Å². The van der Waals surface area contributed by atoms with Crippen molar-refractivity contribution in [1.29, 1.82) is 0 Å². The fourth-order valence-corrected chi connectivity index (χ4v) is 3.09. The minimum absolute atomic E-state index is 0.0288. The molecule has 0 spiro atoms. The smallest absolute Gasteiger partial charge is 0.258 e. The maximum atomic E-state index is 12.8. The Hall–Kier alpha value is -1.29. The van der Waals surface area contributed by atoms with E-state index >= 15 is 0 Å². The SMILES string of the molecule is C=CCN(C(=O)c1ccc(Br)cc1OC)C1CCCC1. The Morgan fingerprint density at radius 3 is 2.80 bits per heavy atom. The zero-order valence-corrected chi connectivity index (χ0v) is 13.4. The second kappa shape index (κ2) is 6.93. The number of amides is 1. The molecule has 0 aromatic heterocycles. The summed E-state index contributed by atoms with van der Waals surface area (Å²) >= 11 is 3.40. The molecule has 0 N–H and O–H groups in total. The van der Waals surface area contributed by atoms with Gasteiger partial charge in [-0.25, -0.2) is 0 Å². The molecule has 0 bridgehead atoms. The molecule has 1 aromatic carbocycles. The number of hydrogen-bond acceptors (Lipinski definition) is 2. The van der Waals surface area contributed by atoms with Crippen molar-refractivity contribution in [2.45, 2.75) is 31.7 Å². The van der Waals surface area contributed by atoms with Gasteiger partial charge in [-0.2, -0.15) is 0 Å². The molecule has 0 radical (unpaired) electrons. The first kappa shape index (κ1) is 15.1. The number of rotatable bonds is 5. The van der Waals surface area contributed by atoms with Crippen LogP contribution in [0.1, 0.15) is 36.0 Å². The molecule has 108 valence electrons. The fraction of sp³-hybridized carbons (Fsp3) is 0.438. The molecule has 0 aliphatic heterocycles. The zero-order valence-electron chi connectivity index (χ0n) is 11.8. The van der Waals surface area contributed by atoms with Crippen molar-refractivity contribution >= 4 is 21.8 Å². The maximum absolute atomic E-state index is 12.8. The van der Waals surface area contributed by atoms with Crippen LogP contribution in [0.2, 0.25) is 0 Å². The van der Waals surface area contributed by atoms with Gasteiger partial charge in [-0.15, -0.1) is 6.58 Å². The van der Waals surface area contributed by atoms with E-state index in [9.17, 15) is 4.79 Å². The van der Waals surface area contributed by atoms with Gasteiger partial charge in [0.25, 0.3) is 5.91 Å². The summed E-state index contributed by atoms with van der Waals surface area (Å²) in [5.74, 6) is 0.637. The predicted octanol–water partition coefficient (Wildman–Crippen LogP) is 4.03. The summed E-state index contributed by atoms with van der Waals surface area (Å²) in [7, 11) is 1.59. The van der Waals surface area contributed by atoms with Gasteiger partial charge in [0.2, 0.25) is 0 Å². The third-order valence-electron chi connectivity index (χ3n) is 3.75. The third kappa shape index (κ3) is 3.23. The molecule has 3 nitrogen and oxygen atoms in total. The molecule has 2 rings (SSSR count). The Bertz CT molecular complexity index is 495. The Balaban J connectivity index is 2.28. The van der Waals surface area contributed by atoms with Crippen LogP contribution in [0, 0.1) is 0 Å². The van der Waals surface area contributed by atoms with E-state index in [0.717, 1.165) is 17.3 Å². The van der Waals surface area contributed by atoms with Crippen LogP contribution >= 0.6 is 15.9 Å². The number of benzene rings is 1. The van der Waals surface area contributed by atoms with E-state index in [1.807, 2.05) is 23.1 Å². The van der Waals surface area contributed by atoms with E-state index in [0.29, 0.717) is 23.9 Å². The van der Waals surface area contributed by atoms with E-state index in [-0.39, 0.29) is 5.91 Å². The van der Waals surface area contributed by atoms with E-state index in [1.54, 1.807) is 13.2 Å². The van der Waals surface area contributed by atoms with Gasteiger partial charge in [0.1, 0.15) is 5.75 Å². The lowest BCUT2D eigenvalue weighted by Gasteiger charge is -2.28. The van der Waals surface area contributed by atoms with Crippen LogP contribution in [0.5, 0.6) is 5.75 Å². The van der Waals surface area contributed by atoms with E-state index < -0.39 is 0 Å². The molecule has 0 unspecified atom stereocenters. The fourth-order valence-electron chi connectivity index (χ4n) is 2.75. The van der Waals surface area contributed by atoms with Crippen LogP contribution in [-0.2, 0) is 0 Å². The number of nitrogens with zero attached hydrogens (tertiary/aromatic N) is 1. The van der Waals surface area contributed by atoms with Crippen LogP contribution in [0.15, 0.2) is 35.3 Å². The van der Waals surface area contributed by atoms with Gasteiger partial charge in [-0.1, -0.05) is 34.8 Å². The van der Waals surface area contributed by atoms with Crippen molar-refractivity contribution in [1.82, 2.24) is 4.90 Å². The van der Waals surface area contributed by atoms with Gasteiger partial charge in [0.15, 0.2) is 0 Å². The Labute approximate surface area is 128 Å². The highest BCUT2D eigenvalue weighted by atomic mass is 79.9. The van der Waals surface area contributed by atoms with Crippen molar-refractivity contribution < 1.29 is 9.53 Å². The Kier molecular flexibility index (Phi) is 5.24. The third-order valence-corrected chi connectivity index (χ3v) is 4.24. The number of carbonyl (C=O) groups excluding carboxylic acids is 1. The van der Waals surface area contributed by atoms with Crippen molar-refractivity contribution in [3.8, 4) is 5.75 Å². The standard InChI is InChI=1S/C16H20BrNO2/c1-3-10-18(13-6-4-5-7-13)16(19)14-9-8-12(17)11-15(14)20-2/h3,8-9,11,13H,1,4-7,10H2,2H3. The molecule has 1 aliphatic rings. The van der Waals surface area contributed by atoms with E-state index in [1.165, 1.54) is 12.8 Å². The molecule has 0 heterocycles. The normalized spacial score (nSPS) is 15.1. The highest BCUT2D eigenvalue weighted by Gasteiger charge is 2.28. The molecule has 20 heavy (non-hydrogen) atoms. The Morgan fingerprint density at radius 2 is 2.20 bits per heavy atom. The average Bonchev–Trinajstić information content (AvgIpc) is 2.97. The van der Waals surface area contributed by atoms with Crippen molar-refractivity contribution in [3.05, 3.63) is 40.9 Å². The first-order valence-corrected chi connectivity index (χ1v) is 7.72. The molecule has 1 amide bonds. The number of methoxy groups -OCH3 is 1. The van der Waals surface area contributed by atoms with Crippen LogP contribution in [0.4, 0.5) is 0 Å². The van der Waals surface area contributed by atoms with Gasteiger partial charge in [0.05, 0.1) is 12.7 Å². The molecule has 1 aromatic rings. The van der Waals surface area contributed by atoms with Gasteiger partial charge in [-0.3, -0.25) is 4.79 Å². The summed E-state index contributed by atoms with van der Waals surface area (Å²) in [6.07, 6.45) is 6.35. The second-order valence-electron chi connectivity index (χ2n) is 5.03. The second-order valence-corrected chi connectivity index (χ2v) is 5.94. The molecule has 4 heteroatoms. The molecule has 1 aliphatic carbocycles. The number of ether oxygens (including phenoxy) is 1. The van der Waals surface area contributed by atoms with E-state index in [4.69, 9.17) is 4.74 Å². The first-order chi connectivity index (χ1) is 9.67. The van der Waals surface area contributed by atoms with Crippen LogP contribution in [-0.4, -0.2) is 30.5 Å². The summed E-state index contributed by atoms with van der Waals surface area (Å²) in [6, 6.07) is 5.84. The molecule has 1 saturated carbocycles. The zero-order chi connectivity index (χ0) is 14.5. The summed E-state index contributed by atoms with van der Waals surface area (Å²) < 4.78 is 6.24. The quantitative estimate of drug-likeness (QED) is 0.759. The van der Waals surface area contributed by atoms with Crippen LogP contribution < -0.4 is 4.74 Å². The van der Waals surface area contributed by atoms with Gasteiger partial charge in [0, 0.05) is 17.1 Å². The maximum Gasteiger partial charge on any atom is 0.258 e. The van der Waals surface area contributed by atoms with Gasteiger partial charge in [-0.05, 0) is 31.0 Å². The van der Waals surface area contributed by atoms with Crippen LogP contribution in [0.25, 0.3) is 0 Å². The lowest BCUT2D eigenvalue weighted by Crippen LogP contribution is -2.39. The average molecular weight is 338 g/mol. The Morgan fingerprint density at radius 1 is 1.50 bits per heavy atom. The van der Waals surface area contributed by atoms with Crippen molar-refractivity contribution in [2.75, 3.05) is 13.7 Å². The van der Waals surface area contributed by atoms with Gasteiger partial charge >= 0.3 is 0 Å². The lowest BCUT2D eigenvalue weighted by atomic mass is 10.1. The summed E-state index contributed by atoms with van der Waals surface area (Å²) in [5.41, 5.74) is 0.615. The predicted molar refractivity (Wildman–Crippen MR) is 84.2 cm³/mol. The molecular formula is C16H20BrNO2. The number of halogens is 1. The molecular weight excluding hydrogens is 318 g/mol. The number of hydrogen-bond donors (Lipinski definition) is 0. The summed E-state index contributed by atoms with van der Waals surface area (Å²) in [4.78, 5) is 14.7. The number of carbonyl (C=O) groups is 1.